The van der Waals surface area contributed by atoms with E-state index in [1.54, 1.807) is 6.92 Å². The number of thiophene rings is 1. The maximum absolute atomic E-state index is 11.9. The third-order valence-corrected chi connectivity index (χ3v) is 4.55. The fourth-order valence-corrected chi connectivity index (χ4v) is 3.05. The number of ether oxygens (including phenoxy) is 1. The summed E-state index contributed by atoms with van der Waals surface area (Å²) in [6.07, 6.45) is 1.10. The summed E-state index contributed by atoms with van der Waals surface area (Å²) in [5.74, 6) is 0.897. The van der Waals surface area contributed by atoms with Gasteiger partial charge in [0.25, 0.3) is 0 Å². The molecular formula is C18H21NO3S. The van der Waals surface area contributed by atoms with Gasteiger partial charge in [0.1, 0.15) is 5.75 Å². The first-order valence-corrected chi connectivity index (χ1v) is 8.48. The molecule has 1 heterocycles. The largest absolute Gasteiger partial charge is 0.494 e. The van der Waals surface area contributed by atoms with Crippen LogP contribution in [-0.4, -0.2) is 24.8 Å². The van der Waals surface area contributed by atoms with Gasteiger partial charge in [-0.25, -0.2) is 0 Å². The molecule has 1 aromatic heterocycles. The number of benzene rings is 1. The molecule has 0 aliphatic carbocycles. The van der Waals surface area contributed by atoms with Crippen molar-refractivity contribution in [2.24, 2.45) is 0 Å². The topological polar surface area (TPSA) is 55.4 Å². The minimum Gasteiger partial charge on any atom is -0.494 e. The van der Waals surface area contributed by atoms with Gasteiger partial charge in [0.05, 0.1) is 17.9 Å². The van der Waals surface area contributed by atoms with E-state index < -0.39 is 0 Å². The minimum atomic E-state index is -0.00231. The van der Waals surface area contributed by atoms with Crippen LogP contribution in [0.5, 0.6) is 5.75 Å². The number of ketones is 1. The highest BCUT2D eigenvalue weighted by Crippen LogP contribution is 2.17. The normalized spacial score (nSPS) is 10.3. The number of hydrogen-bond donors (Lipinski definition) is 1. The number of hydrogen-bond acceptors (Lipinski definition) is 4. The molecule has 5 heteroatoms. The molecule has 2 aromatic rings. The van der Waals surface area contributed by atoms with Crippen LogP contribution in [0, 0.1) is 0 Å². The van der Waals surface area contributed by atoms with Crippen LogP contribution in [0.1, 0.15) is 34.0 Å². The molecule has 0 saturated heterocycles. The Bertz CT molecular complexity index is 661. The molecule has 0 atom stereocenters. The summed E-state index contributed by atoms with van der Waals surface area (Å²) < 4.78 is 5.38. The molecule has 0 unspecified atom stereocenters. The Morgan fingerprint density at radius 1 is 1.13 bits per heavy atom. The van der Waals surface area contributed by atoms with E-state index in [0.717, 1.165) is 27.5 Å². The average molecular weight is 331 g/mol. The molecule has 0 saturated carbocycles. The number of carbonyl (C=O) groups excluding carboxylic acids is 2. The van der Waals surface area contributed by atoms with Gasteiger partial charge in [0, 0.05) is 11.4 Å². The van der Waals surface area contributed by atoms with E-state index in [9.17, 15) is 9.59 Å². The van der Waals surface area contributed by atoms with Crippen molar-refractivity contribution in [1.29, 1.82) is 0 Å². The third-order valence-electron chi connectivity index (χ3n) is 3.30. The lowest BCUT2D eigenvalue weighted by molar-refractivity contribution is -0.120. The first-order valence-electron chi connectivity index (χ1n) is 7.66. The van der Waals surface area contributed by atoms with Gasteiger partial charge in [-0.2, -0.15) is 0 Å². The van der Waals surface area contributed by atoms with Gasteiger partial charge in [-0.1, -0.05) is 12.1 Å². The summed E-state index contributed by atoms with van der Waals surface area (Å²) in [5, 5.41) is 2.91. The zero-order valence-electron chi connectivity index (χ0n) is 13.4. The predicted molar refractivity (Wildman–Crippen MR) is 92.4 cm³/mol. The average Bonchev–Trinajstić information content (AvgIpc) is 2.99. The third kappa shape index (κ3) is 5.53. The maximum Gasteiger partial charge on any atom is 0.224 e. The van der Waals surface area contributed by atoms with Crippen LogP contribution in [0.4, 0.5) is 0 Å². The lowest BCUT2D eigenvalue weighted by Crippen LogP contribution is -2.27. The van der Waals surface area contributed by atoms with Gasteiger partial charge >= 0.3 is 0 Å². The molecule has 0 bridgehead atoms. The second kappa shape index (κ2) is 8.48. The number of rotatable bonds is 8. The van der Waals surface area contributed by atoms with Gasteiger partial charge in [0.2, 0.25) is 5.91 Å². The summed E-state index contributed by atoms with van der Waals surface area (Å²) in [7, 11) is 0. The molecule has 4 nitrogen and oxygen atoms in total. The van der Waals surface area contributed by atoms with Gasteiger partial charge in [-0.05, 0) is 50.1 Å². The molecule has 0 aliphatic rings. The van der Waals surface area contributed by atoms with Crippen LogP contribution in [0.25, 0.3) is 0 Å². The summed E-state index contributed by atoms with van der Waals surface area (Å²) in [5.41, 5.74) is 0.959. The molecular weight excluding hydrogens is 310 g/mol. The Morgan fingerprint density at radius 3 is 2.48 bits per heavy atom. The predicted octanol–water partition coefficient (Wildman–Crippen LogP) is 3.25. The van der Waals surface area contributed by atoms with Crippen LogP contribution >= 0.6 is 11.3 Å². The molecule has 1 N–H and O–H groups in total. The van der Waals surface area contributed by atoms with Crippen LogP contribution in [0.2, 0.25) is 0 Å². The zero-order valence-corrected chi connectivity index (χ0v) is 14.2. The van der Waals surface area contributed by atoms with Crippen LogP contribution in [-0.2, 0) is 17.6 Å². The molecule has 0 radical (unpaired) electrons. The summed E-state index contributed by atoms with van der Waals surface area (Å²) in [6.45, 7) is 4.71. The summed E-state index contributed by atoms with van der Waals surface area (Å²) in [6, 6.07) is 11.3. The van der Waals surface area contributed by atoms with Gasteiger partial charge in [-0.3, -0.25) is 9.59 Å². The van der Waals surface area contributed by atoms with Crippen molar-refractivity contribution in [2.75, 3.05) is 13.2 Å². The van der Waals surface area contributed by atoms with Gasteiger partial charge in [0.15, 0.2) is 5.78 Å². The van der Waals surface area contributed by atoms with Crippen molar-refractivity contribution < 1.29 is 14.3 Å². The van der Waals surface area contributed by atoms with Crippen molar-refractivity contribution in [3.05, 3.63) is 51.7 Å². The van der Waals surface area contributed by atoms with E-state index in [2.05, 4.69) is 5.32 Å². The van der Waals surface area contributed by atoms with Crippen molar-refractivity contribution in [2.45, 2.75) is 26.7 Å². The molecule has 122 valence electrons. The Hall–Kier alpha value is -2.14. The van der Waals surface area contributed by atoms with Crippen LogP contribution in [0.15, 0.2) is 36.4 Å². The Morgan fingerprint density at radius 2 is 1.87 bits per heavy atom. The van der Waals surface area contributed by atoms with Crippen LogP contribution in [0.3, 0.4) is 0 Å². The molecule has 2 rings (SSSR count). The first-order chi connectivity index (χ1) is 11.1. The number of Topliss-reactive ketones (excluding diaryl/α,β-unsaturated/α-hetero) is 1. The SMILES string of the molecule is CCOc1ccc(CC(=O)NCCc2ccc(C(C)=O)s2)cc1. The standard InChI is InChI=1S/C18H21NO3S/c1-3-22-15-6-4-14(5-7-15)12-18(21)19-11-10-16-8-9-17(23-16)13(2)20/h4-9H,3,10-12H2,1-2H3,(H,19,21). The molecule has 1 amide bonds. The molecule has 0 aliphatic heterocycles. The van der Waals surface area contributed by atoms with E-state index in [-0.39, 0.29) is 11.7 Å². The van der Waals surface area contributed by atoms with Crippen molar-refractivity contribution in [3.8, 4) is 5.75 Å². The quantitative estimate of drug-likeness (QED) is 0.756. The Balaban J connectivity index is 1.75. The molecule has 1 aromatic carbocycles. The summed E-state index contributed by atoms with van der Waals surface area (Å²) in [4.78, 5) is 25.0. The zero-order chi connectivity index (χ0) is 16.7. The smallest absolute Gasteiger partial charge is 0.224 e. The second-order valence-electron chi connectivity index (χ2n) is 5.18. The number of nitrogens with one attached hydrogen (secondary N) is 1. The fourth-order valence-electron chi connectivity index (χ4n) is 2.14. The second-order valence-corrected chi connectivity index (χ2v) is 6.34. The van der Waals surface area contributed by atoms with Gasteiger partial charge in [-0.15, -0.1) is 11.3 Å². The molecule has 0 spiro atoms. The van der Waals surface area contributed by atoms with E-state index in [0.29, 0.717) is 19.6 Å². The van der Waals surface area contributed by atoms with E-state index in [4.69, 9.17) is 4.74 Å². The highest BCUT2D eigenvalue weighted by molar-refractivity contribution is 7.14. The highest BCUT2D eigenvalue weighted by Gasteiger charge is 2.06. The van der Waals surface area contributed by atoms with E-state index in [1.165, 1.54) is 11.3 Å². The Labute approximate surface area is 140 Å². The van der Waals surface area contributed by atoms with Crippen LogP contribution < -0.4 is 10.1 Å². The lowest BCUT2D eigenvalue weighted by atomic mass is 10.1. The van der Waals surface area contributed by atoms with Gasteiger partial charge < -0.3 is 10.1 Å². The number of amides is 1. The van der Waals surface area contributed by atoms with Crippen molar-refractivity contribution >= 4 is 23.0 Å². The number of carbonyl (C=O) groups is 2. The first kappa shape index (κ1) is 17.2. The van der Waals surface area contributed by atoms with Crippen molar-refractivity contribution in [1.82, 2.24) is 5.32 Å². The van der Waals surface area contributed by atoms with E-state index >= 15 is 0 Å². The molecule has 23 heavy (non-hydrogen) atoms. The monoisotopic (exact) mass is 331 g/mol. The van der Waals surface area contributed by atoms with E-state index in [1.807, 2.05) is 43.3 Å². The minimum absolute atomic E-state index is 0.00231. The lowest BCUT2D eigenvalue weighted by Gasteiger charge is -2.06. The maximum atomic E-state index is 11.9. The fraction of sp³-hybridized carbons (Fsp3) is 0.333. The summed E-state index contributed by atoms with van der Waals surface area (Å²) >= 11 is 1.49. The van der Waals surface area contributed by atoms with Crippen molar-refractivity contribution in [3.63, 3.8) is 0 Å². The highest BCUT2D eigenvalue weighted by atomic mass is 32.1. The Kier molecular flexibility index (Phi) is 6.35. The molecule has 0 fully saturated rings.